The summed E-state index contributed by atoms with van der Waals surface area (Å²) in [6.07, 6.45) is -0.00482. The fourth-order valence-corrected chi connectivity index (χ4v) is 5.80. The molecule has 1 aliphatic rings. The number of nitrogens with zero attached hydrogens (tertiary/aromatic N) is 1. The topological polar surface area (TPSA) is 119 Å². The van der Waals surface area contributed by atoms with E-state index in [1.165, 1.54) is 12.1 Å². The molecular formula is C32H25ClN2O7S. The minimum Gasteiger partial charge on any atom is -0.462 e. The van der Waals surface area contributed by atoms with E-state index in [1.54, 1.807) is 79.0 Å². The average Bonchev–Trinajstić information content (AvgIpc) is 3.54. The minimum atomic E-state index is -1.31. The summed E-state index contributed by atoms with van der Waals surface area (Å²) in [6, 6.07) is 20.7. The van der Waals surface area contributed by atoms with Gasteiger partial charge in [0.1, 0.15) is 16.6 Å². The van der Waals surface area contributed by atoms with Crippen molar-refractivity contribution >= 4 is 57.6 Å². The van der Waals surface area contributed by atoms with Crippen molar-refractivity contribution in [2.45, 2.75) is 19.4 Å². The Bertz CT molecular complexity index is 1670. The van der Waals surface area contributed by atoms with Crippen molar-refractivity contribution in [2.24, 2.45) is 0 Å². The fraction of sp³-hybridized carbons (Fsp3) is 0.156. The van der Waals surface area contributed by atoms with Crippen LogP contribution in [0.5, 0.6) is 0 Å². The number of imide groups is 1. The Hall–Kier alpha value is -4.80. The van der Waals surface area contributed by atoms with E-state index in [2.05, 4.69) is 5.32 Å². The standard InChI is InChI=1S/C32H25ClN2O7S/c1-2-41-32(40)27-24(20-12-14-21(33)15-13-20)18-43-28(27)34-26(36)17-42-31(39)25(16-19-8-4-3-5-9-19)35-29(37)22-10-6-7-11-23(22)30(35)38/h3-15,18,25H,2,16-17H2,1H3,(H,34,36). The largest absolute Gasteiger partial charge is 0.462 e. The highest BCUT2D eigenvalue weighted by Gasteiger charge is 2.43. The number of hydrogen-bond acceptors (Lipinski definition) is 8. The van der Waals surface area contributed by atoms with E-state index >= 15 is 0 Å². The van der Waals surface area contributed by atoms with E-state index in [0.29, 0.717) is 21.7 Å². The molecule has 1 aliphatic heterocycles. The van der Waals surface area contributed by atoms with Gasteiger partial charge in [-0.3, -0.25) is 19.3 Å². The molecule has 1 atom stereocenters. The smallest absolute Gasteiger partial charge is 0.341 e. The van der Waals surface area contributed by atoms with Crippen LogP contribution in [0.15, 0.2) is 84.2 Å². The SMILES string of the molecule is CCOC(=O)c1c(-c2ccc(Cl)cc2)csc1NC(=O)COC(=O)C(Cc1ccccc1)N1C(=O)c2ccccc2C1=O. The molecule has 3 aromatic carbocycles. The summed E-state index contributed by atoms with van der Waals surface area (Å²) < 4.78 is 10.6. The molecule has 11 heteroatoms. The van der Waals surface area contributed by atoms with Gasteiger partial charge in [-0.25, -0.2) is 9.59 Å². The zero-order valence-corrected chi connectivity index (χ0v) is 24.4. The molecule has 43 heavy (non-hydrogen) atoms. The number of carbonyl (C=O) groups is 5. The number of thiophene rings is 1. The van der Waals surface area contributed by atoms with E-state index in [9.17, 15) is 24.0 Å². The van der Waals surface area contributed by atoms with Crippen LogP contribution in [0.1, 0.15) is 43.6 Å². The van der Waals surface area contributed by atoms with Crippen LogP contribution in [0.3, 0.4) is 0 Å². The maximum atomic E-state index is 13.4. The zero-order valence-electron chi connectivity index (χ0n) is 22.9. The highest BCUT2D eigenvalue weighted by molar-refractivity contribution is 7.15. The van der Waals surface area contributed by atoms with Crippen LogP contribution in [0, 0.1) is 0 Å². The second kappa shape index (κ2) is 13.0. The Morgan fingerprint density at radius 2 is 1.49 bits per heavy atom. The molecular weight excluding hydrogens is 592 g/mol. The van der Waals surface area contributed by atoms with Crippen LogP contribution < -0.4 is 5.32 Å². The van der Waals surface area contributed by atoms with Gasteiger partial charge in [-0.1, -0.05) is 66.2 Å². The van der Waals surface area contributed by atoms with Gasteiger partial charge in [0.25, 0.3) is 17.7 Å². The summed E-state index contributed by atoms with van der Waals surface area (Å²) in [4.78, 5) is 66.4. The molecule has 5 rings (SSSR count). The molecule has 0 bridgehead atoms. The first-order chi connectivity index (χ1) is 20.8. The lowest BCUT2D eigenvalue weighted by atomic mass is 10.0. The third-order valence-corrected chi connectivity index (χ3v) is 7.85. The van der Waals surface area contributed by atoms with E-state index < -0.39 is 42.3 Å². The second-order valence-electron chi connectivity index (χ2n) is 9.47. The Kier molecular flexibility index (Phi) is 8.98. The van der Waals surface area contributed by atoms with Gasteiger partial charge in [0, 0.05) is 22.4 Å². The van der Waals surface area contributed by atoms with Crippen molar-refractivity contribution in [1.29, 1.82) is 0 Å². The lowest BCUT2D eigenvalue weighted by molar-refractivity contribution is -0.151. The van der Waals surface area contributed by atoms with Gasteiger partial charge in [0.15, 0.2) is 6.61 Å². The van der Waals surface area contributed by atoms with Crippen molar-refractivity contribution < 1.29 is 33.4 Å². The molecule has 2 heterocycles. The number of anilines is 1. The number of halogens is 1. The molecule has 218 valence electrons. The molecule has 3 amide bonds. The van der Waals surface area contributed by atoms with Gasteiger partial charge in [0.2, 0.25) is 0 Å². The molecule has 1 N–H and O–H groups in total. The van der Waals surface area contributed by atoms with Crippen LogP contribution in [0.25, 0.3) is 11.1 Å². The first-order valence-electron chi connectivity index (χ1n) is 13.3. The molecule has 1 unspecified atom stereocenters. The van der Waals surface area contributed by atoms with E-state index in [0.717, 1.165) is 16.2 Å². The normalized spacial score (nSPS) is 12.9. The van der Waals surface area contributed by atoms with Crippen molar-refractivity contribution in [2.75, 3.05) is 18.5 Å². The zero-order chi connectivity index (χ0) is 30.5. The molecule has 0 radical (unpaired) electrons. The van der Waals surface area contributed by atoms with Crippen molar-refractivity contribution in [1.82, 2.24) is 4.90 Å². The number of nitrogens with one attached hydrogen (secondary N) is 1. The first kappa shape index (κ1) is 29.7. The lowest BCUT2D eigenvalue weighted by Crippen LogP contribution is -2.47. The predicted octanol–water partition coefficient (Wildman–Crippen LogP) is 5.63. The third-order valence-electron chi connectivity index (χ3n) is 6.71. The van der Waals surface area contributed by atoms with E-state index in [1.807, 2.05) is 0 Å². The van der Waals surface area contributed by atoms with Crippen LogP contribution in [-0.2, 0) is 25.5 Å². The van der Waals surface area contributed by atoms with Crippen LogP contribution >= 0.6 is 22.9 Å². The summed E-state index contributed by atoms with van der Waals surface area (Å²) in [5.74, 6) is -3.50. The number of amides is 3. The number of benzene rings is 3. The number of carbonyl (C=O) groups excluding carboxylic acids is 5. The molecule has 4 aromatic rings. The Morgan fingerprint density at radius 3 is 2.12 bits per heavy atom. The van der Waals surface area contributed by atoms with Gasteiger partial charge < -0.3 is 14.8 Å². The molecule has 0 spiro atoms. The van der Waals surface area contributed by atoms with Crippen molar-refractivity contribution in [3.8, 4) is 11.1 Å². The molecule has 0 saturated heterocycles. The predicted molar refractivity (Wildman–Crippen MR) is 161 cm³/mol. The Morgan fingerprint density at radius 1 is 0.860 bits per heavy atom. The average molecular weight is 617 g/mol. The lowest BCUT2D eigenvalue weighted by Gasteiger charge is -2.24. The summed E-state index contributed by atoms with van der Waals surface area (Å²) >= 11 is 7.12. The summed E-state index contributed by atoms with van der Waals surface area (Å²) in [5, 5.41) is 5.07. The number of ether oxygens (including phenoxy) is 2. The molecule has 9 nitrogen and oxygen atoms in total. The summed E-state index contributed by atoms with van der Waals surface area (Å²) in [6.45, 7) is 1.08. The highest BCUT2D eigenvalue weighted by atomic mass is 35.5. The van der Waals surface area contributed by atoms with E-state index in [4.69, 9.17) is 21.1 Å². The maximum Gasteiger partial charge on any atom is 0.341 e. The fourth-order valence-electron chi connectivity index (χ4n) is 4.70. The van der Waals surface area contributed by atoms with Gasteiger partial charge >= 0.3 is 11.9 Å². The second-order valence-corrected chi connectivity index (χ2v) is 10.8. The Labute approximate surface area is 256 Å². The van der Waals surface area contributed by atoms with Crippen LogP contribution in [-0.4, -0.2) is 53.8 Å². The molecule has 1 aromatic heterocycles. The first-order valence-corrected chi connectivity index (χ1v) is 14.6. The highest BCUT2D eigenvalue weighted by Crippen LogP contribution is 2.36. The van der Waals surface area contributed by atoms with E-state index in [-0.39, 0.29) is 34.7 Å². The van der Waals surface area contributed by atoms with Gasteiger partial charge in [-0.05, 0) is 42.3 Å². The molecule has 0 fully saturated rings. The number of fused-ring (bicyclic) bond motifs is 1. The molecule has 0 aliphatic carbocycles. The minimum absolute atomic E-state index is 0.00482. The number of hydrogen-bond donors (Lipinski definition) is 1. The molecule has 0 saturated carbocycles. The van der Waals surface area contributed by atoms with Crippen LogP contribution in [0.2, 0.25) is 5.02 Å². The Balaban J connectivity index is 1.34. The third kappa shape index (κ3) is 6.35. The number of rotatable bonds is 10. The summed E-state index contributed by atoms with van der Waals surface area (Å²) in [5.41, 5.74) is 2.47. The quantitative estimate of drug-likeness (QED) is 0.181. The van der Waals surface area contributed by atoms with Gasteiger partial charge in [-0.2, -0.15) is 0 Å². The maximum absolute atomic E-state index is 13.4. The van der Waals surface area contributed by atoms with Crippen molar-refractivity contribution in [3.63, 3.8) is 0 Å². The van der Waals surface area contributed by atoms with Gasteiger partial charge in [-0.15, -0.1) is 11.3 Å². The van der Waals surface area contributed by atoms with Crippen LogP contribution in [0.4, 0.5) is 5.00 Å². The monoisotopic (exact) mass is 616 g/mol. The van der Waals surface area contributed by atoms with Crippen molar-refractivity contribution in [3.05, 3.63) is 112 Å². The summed E-state index contributed by atoms with van der Waals surface area (Å²) in [7, 11) is 0. The number of esters is 2. The van der Waals surface area contributed by atoms with Gasteiger partial charge in [0.05, 0.1) is 17.7 Å².